The van der Waals surface area contributed by atoms with Crippen LogP contribution >= 0.6 is 27.5 Å². The Hall–Kier alpha value is -2.56. The van der Waals surface area contributed by atoms with Crippen LogP contribution in [-0.4, -0.2) is 32.8 Å². The van der Waals surface area contributed by atoms with Gasteiger partial charge in [0, 0.05) is 18.1 Å². The minimum absolute atomic E-state index is 0.251. The van der Waals surface area contributed by atoms with Gasteiger partial charge in [0.1, 0.15) is 23.4 Å². The molecule has 1 aromatic heterocycles. The molecule has 0 radical (unpaired) electrons. The van der Waals surface area contributed by atoms with Crippen molar-refractivity contribution in [3.05, 3.63) is 56.1 Å². The summed E-state index contributed by atoms with van der Waals surface area (Å²) in [5.74, 6) is 0.216. The van der Waals surface area contributed by atoms with Crippen molar-refractivity contribution < 1.29 is 27.1 Å². The molecule has 1 N–H and O–H groups in total. The molecule has 1 amide bonds. The zero-order valence-corrected chi connectivity index (χ0v) is 21.7. The first-order valence-corrected chi connectivity index (χ1v) is 13.7. The maximum atomic E-state index is 12.7. The highest BCUT2D eigenvalue weighted by atomic mass is 79.9. The minimum atomic E-state index is -3.58. The molecule has 0 bridgehead atoms. The first-order chi connectivity index (χ1) is 16.7. The summed E-state index contributed by atoms with van der Waals surface area (Å²) in [4.78, 5) is 25.1. The quantitative estimate of drug-likeness (QED) is 0.432. The lowest BCUT2D eigenvalue weighted by Gasteiger charge is -2.34. The third-order valence-electron chi connectivity index (χ3n) is 6.19. The Morgan fingerprint density at radius 1 is 1.17 bits per heavy atom. The average Bonchev–Trinajstić information content (AvgIpc) is 3.63. The van der Waals surface area contributed by atoms with Gasteiger partial charge in [-0.3, -0.25) is 14.3 Å². The lowest BCUT2D eigenvalue weighted by atomic mass is 9.82. The van der Waals surface area contributed by atoms with Crippen molar-refractivity contribution in [1.82, 2.24) is 4.72 Å². The Kier molecular flexibility index (Phi) is 6.31. The molecule has 0 atom stereocenters. The number of benzene rings is 2. The van der Waals surface area contributed by atoms with Crippen molar-refractivity contribution in [1.29, 1.82) is 0 Å². The van der Waals surface area contributed by atoms with Crippen molar-refractivity contribution in [2.75, 3.05) is 7.11 Å². The molecule has 184 valence electrons. The number of ether oxygens (including phenoxy) is 2. The van der Waals surface area contributed by atoms with Crippen molar-refractivity contribution in [3.63, 3.8) is 0 Å². The Bertz CT molecular complexity index is 1490. The number of carbonyl (C=O) groups excluding carboxylic acids is 1. The van der Waals surface area contributed by atoms with E-state index in [1.54, 1.807) is 30.3 Å². The van der Waals surface area contributed by atoms with Crippen LogP contribution in [0.1, 0.15) is 25.7 Å². The van der Waals surface area contributed by atoms with E-state index < -0.39 is 27.1 Å². The van der Waals surface area contributed by atoms with Gasteiger partial charge in [-0.05, 0) is 59.8 Å². The van der Waals surface area contributed by atoms with E-state index in [0.29, 0.717) is 57.6 Å². The number of methoxy groups -OCH3 is 1. The Balaban J connectivity index is 1.40. The topological polar surface area (TPSA) is 112 Å². The molecule has 0 spiro atoms. The van der Waals surface area contributed by atoms with Crippen LogP contribution in [0.4, 0.5) is 0 Å². The van der Waals surface area contributed by atoms with Crippen LogP contribution < -0.4 is 19.6 Å². The molecule has 2 aliphatic rings. The SMILES string of the molecule is COc1cc(O[C@H]2C[C@@H](C(=O)NS(=O)(=O)C3CC3)C2)c(-c2cc(=O)c3cccc(Cl)c3o2)cc1Br. The fraction of sp³-hybridized carbons (Fsp3) is 0.333. The van der Waals surface area contributed by atoms with Crippen LogP contribution in [0.25, 0.3) is 22.3 Å². The average molecular weight is 583 g/mol. The number of amides is 1. The maximum absolute atomic E-state index is 12.7. The number of para-hydroxylation sites is 1. The van der Waals surface area contributed by atoms with Crippen molar-refractivity contribution in [3.8, 4) is 22.8 Å². The highest BCUT2D eigenvalue weighted by Crippen LogP contribution is 2.42. The Morgan fingerprint density at radius 2 is 1.91 bits per heavy atom. The number of fused-ring (bicyclic) bond motifs is 1. The summed E-state index contributed by atoms with van der Waals surface area (Å²) < 4.78 is 44.4. The van der Waals surface area contributed by atoms with E-state index in [2.05, 4.69) is 20.7 Å². The number of halogens is 2. The molecule has 0 unspecified atom stereocenters. The first kappa shape index (κ1) is 24.1. The van der Waals surface area contributed by atoms with Crippen LogP contribution in [0.15, 0.2) is 50.1 Å². The molecular formula is C24H21BrClNO7S. The molecule has 2 aromatic carbocycles. The summed E-state index contributed by atoms with van der Waals surface area (Å²) in [5, 5.41) is 0.220. The molecule has 5 rings (SSSR count). The molecule has 3 aromatic rings. The number of hydrogen-bond acceptors (Lipinski definition) is 7. The standard InChI is InChI=1S/C24H21BrClNO7S/c1-32-22-11-21(33-13-7-12(8-13)24(29)27-35(30,31)14-5-6-14)16(9-17(22)25)20-10-19(28)15-3-2-4-18(26)23(15)34-20/h2-4,9-14H,5-8H2,1H3,(H,27,29)/t12-,13+. The highest BCUT2D eigenvalue weighted by molar-refractivity contribution is 9.10. The number of hydrogen-bond donors (Lipinski definition) is 1. The molecule has 2 saturated carbocycles. The van der Waals surface area contributed by atoms with Crippen LogP contribution in [-0.2, 0) is 14.8 Å². The second-order valence-corrected chi connectivity index (χ2v) is 11.9. The second-order valence-electron chi connectivity index (χ2n) is 8.69. The van der Waals surface area contributed by atoms with Gasteiger partial charge in [0.25, 0.3) is 0 Å². The molecule has 2 fully saturated rings. The van der Waals surface area contributed by atoms with E-state index in [4.69, 9.17) is 25.5 Å². The predicted octanol–water partition coefficient (Wildman–Crippen LogP) is 4.65. The summed E-state index contributed by atoms with van der Waals surface area (Å²) in [6.07, 6.45) is 1.57. The molecule has 1 heterocycles. The fourth-order valence-electron chi connectivity index (χ4n) is 4.00. The van der Waals surface area contributed by atoms with Crippen LogP contribution in [0.2, 0.25) is 5.02 Å². The third-order valence-corrected chi connectivity index (χ3v) is 8.94. The summed E-state index contributed by atoms with van der Waals surface area (Å²) in [7, 11) is -2.06. The van der Waals surface area contributed by atoms with Gasteiger partial charge < -0.3 is 13.9 Å². The van der Waals surface area contributed by atoms with Crippen LogP contribution in [0, 0.1) is 5.92 Å². The monoisotopic (exact) mass is 581 g/mol. The number of carbonyl (C=O) groups is 1. The summed E-state index contributed by atoms with van der Waals surface area (Å²) >= 11 is 9.72. The fourth-order valence-corrected chi connectivity index (χ4v) is 6.09. The van der Waals surface area contributed by atoms with E-state index in [-0.39, 0.29) is 22.9 Å². The van der Waals surface area contributed by atoms with Gasteiger partial charge in [-0.15, -0.1) is 0 Å². The van der Waals surface area contributed by atoms with Crippen molar-refractivity contribution in [2.45, 2.75) is 37.0 Å². The Morgan fingerprint density at radius 3 is 2.60 bits per heavy atom. The van der Waals surface area contributed by atoms with Gasteiger partial charge in [0.15, 0.2) is 11.0 Å². The molecular weight excluding hydrogens is 562 g/mol. The smallest absolute Gasteiger partial charge is 0.237 e. The largest absolute Gasteiger partial charge is 0.495 e. The number of rotatable bonds is 7. The number of sulfonamides is 1. The normalized spacial score (nSPS) is 19.7. The van der Waals surface area contributed by atoms with Crippen molar-refractivity contribution in [2.24, 2.45) is 5.92 Å². The highest BCUT2D eigenvalue weighted by Gasteiger charge is 2.42. The second kappa shape index (κ2) is 9.15. The van der Waals surface area contributed by atoms with Gasteiger partial charge in [0.2, 0.25) is 15.9 Å². The van der Waals surface area contributed by atoms with Crippen LogP contribution in [0.5, 0.6) is 11.5 Å². The molecule has 11 heteroatoms. The van der Waals surface area contributed by atoms with Crippen molar-refractivity contribution >= 4 is 54.4 Å². The molecule has 8 nitrogen and oxygen atoms in total. The van der Waals surface area contributed by atoms with Gasteiger partial charge >= 0.3 is 0 Å². The first-order valence-electron chi connectivity index (χ1n) is 11.0. The molecule has 2 aliphatic carbocycles. The van der Waals surface area contributed by atoms with Gasteiger partial charge in [0.05, 0.1) is 32.8 Å². The van der Waals surface area contributed by atoms with Gasteiger partial charge in [-0.25, -0.2) is 8.42 Å². The van der Waals surface area contributed by atoms with E-state index in [0.717, 1.165) is 0 Å². The maximum Gasteiger partial charge on any atom is 0.237 e. The summed E-state index contributed by atoms with van der Waals surface area (Å²) in [5.41, 5.74) is 0.520. The van der Waals surface area contributed by atoms with E-state index in [1.165, 1.54) is 13.2 Å². The zero-order chi connectivity index (χ0) is 24.9. The zero-order valence-electron chi connectivity index (χ0n) is 18.5. The van der Waals surface area contributed by atoms with Crippen LogP contribution in [0.3, 0.4) is 0 Å². The molecule has 0 aliphatic heterocycles. The predicted molar refractivity (Wildman–Crippen MR) is 134 cm³/mol. The molecule has 35 heavy (non-hydrogen) atoms. The third kappa shape index (κ3) is 4.79. The minimum Gasteiger partial charge on any atom is -0.495 e. The Labute approximate surface area is 214 Å². The summed E-state index contributed by atoms with van der Waals surface area (Å²) in [6.45, 7) is 0. The lowest BCUT2D eigenvalue weighted by molar-refractivity contribution is -0.128. The lowest BCUT2D eigenvalue weighted by Crippen LogP contribution is -2.46. The van der Waals surface area contributed by atoms with Gasteiger partial charge in [-0.2, -0.15) is 0 Å². The summed E-state index contributed by atoms with van der Waals surface area (Å²) in [6, 6.07) is 9.72. The van der Waals surface area contributed by atoms with Gasteiger partial charge in [-0.1, -0.05) is 17.7 Å². The van der Waals surface area contributed by atoms with E-state index in [9.17, 15) is 18.0 Å². The van der Waals surface area contributed by atoms with E-state index >= 15 is 0 Å². The number of nitrogens with one attached hydrogen (secondary N) is 1. The van der Waals surface area contributed by atoms with E-state index in [1.807, 2.05) is 0 Å². The molecule has 0 saturated heterocycles.